The molecular weight excluding hydrogens is 226 g/mol. The van der Waals surface area contributed by atoms with Crippen LogP contribution in [0.2, 0.25) is 0 Å². The van der Waals surface area contributed by atoms with Crippen LogP contribution in [-0.2, 0) is 11.8 Å². The lowest BCUT2D eigenvalue weighted by Gasteiger charge is -2.01. The molecule has 0 saturated carbocycles. The topological polar surface area (TPSA) is 31.2 Å². The van der Waals surface area contributed by atoms with Crippen molar-refractivity contribution in [1.29, 1.82) is 0 Å². The molecule has 3 nitrogen and oxygen atoms in total. The largest absolute Gasteiger partial charge is 0.461 e. The summed E-state index contributed by atoms with van der Waals surface area (Å²) in [6.45, 7) is 4.25. The first-order valence-electron chi connectivity index (χ1n) is 6.02. The van der Waals surface area contributed by atoms with E-state index in [0.29, 0.717) is 12.3 Å². The van der Waals surface area contributed by atoms with Gasteiger partial charge in [-0.15, -0.1) is 0 Å². The minimum atomic E-state index is -0.279. The SMILES string of the molecule is CCOC(=O)c1cc(-c2ccc(C)cc2)cn1C. The van der Waals surface area contributed by atoms with Gasteiger partial charge in [0.05, 0.1) is 6.61 Å². The minimum Gasteiger partial charge on any atom is -0.461 e. The summed E-state index contributed by atoms with van der Waals surface area (Å²) in [5, 5.41) is 0. The summed E-state index contributed by atoms with van der Waals surface area (Å²) in [7, 11) is 1.85. The molecule has 0 aliphatic heterocycles. The van der Waals surface area contributed by atoms with Gasteiger partial charge in [-0.3, -0.25) is 0 Å². The van der Waals surface area contributed by atoms with E-state index in [-0.39, 0.29) is 5.97 Å². The maximum Gasteiger partial charge on any atom is 0.354 e. The first kappa shape index (κ1) is 12.4. The summed E-state index contributed by atoms with van der Waals surface area (Å²) in [6.07, 6.45) is 1.94. The van der Waals surface area contributed by atoms with Gasteiger partial charge in [-0.25, -0.2) is 4.79 Å². The maximum absolute atomic E-state index is 11.7. The van der Waals surface area contributed by atoms with Crippen LogP contribution < -0.4 is 0 Å². The highest BCUT2D eigenvalue weighted by atomic mass is 16.5. The number of benzene rings is 1. The van der Waals surface area contributed by atoms with Crippen molar-refractivity contribution in [3.05, 3.63) is 47.8 Å². The molecule has 1 heterocycles. The lowest BCUT2D eigenvalue weighted by molar-refractivity contribution is 0.0515. The molecule has 0 N–H and O–H groups in total. The second-order valence-electron chi connectivity index (χ2n) is 4.31. The van der Waals surface area contributed by atoms with Crippen LogP contribution >= 0.6 is 0 Å². The summed E-state index contributed by atoms with van der Waals surface area (Å²) in [4.78, 5) is 11.7. The standard InChI is InChI=1S/C15H17NO2/c1-4-18-15(17)14-9-13(10-16(14)3)12-7-5-11(2)6-8-12/h5-10H,4H2,1-3H3. The number of ether oxygens (including phenoxy) is 1. The van der Waals surface area contributed by atoms with E-state index in [1.807, 2.05) is 26.2 Å². The molecule has 18 heavy (non-hydrogen) atoms. The third-order valence-corrected chi connectivity index (χ3v) is 2.87. The van der Waals surface area contributed by atoms with E-state index in [0.717, 1.165) is 11.1 Å². The Balaban J connectivity index is 2.34. The number of carbonyl (C=O) groups is 1. The number of hydrogen-bond donors (Lipinski definition) is 0. The van der Waals surface area contributed by atoms with Gasteiger partial charge in [0.2, 0.25) is 0 Å². The summed E-state index contributed by atoms with van der Waals surface area (Å²) >= 11 is 0. The fourth-order valence-electron chi connectivity index (χ4n) is 1.88. The second-order valence-corrected chi connectivity index (χ2v) is 4.31. The van der Waals surface area contributed by atoms with Gasteiger partial charge in [0.25, 0.3) is 0 Å². The van der Waals surface area contributed by atoms with Crippen LogP contribution in [0.25, 0.3) is 11.1 Å². The van der Waals surface area contributed by atoms with Crippen LogP contribution in [0.1, 0.15) is 23.0 Å². The van der Waals surface area contributed by atoms with E-state index in [1.54, 1.807) is 4.57 Å². The lowest BCUT2D eigenvalue weighted by atomic mass is 10.1. The Bertz CT molecular complexity index is 552. The molecule has 0 atom stereocenters. The number of aromatic nitrogens is 1. The van der Waals surface area contributed by atoms with Gasteiger partial charge < -0.3 is 9.30 Å². The van der Waals surface area contributed by atoms with E-state index >= 15 is 0 Å². The zero-order chi connectivity index (χ0) is 13.1. The average Bonchev–Trinajstić information content (AvgIpc) is 2.72. The van der Waals surface area contributed by atoms with E-state index in [4.69, 9.17) is 4.74 Å². The Morgan fingerprint density at radius 2 is 1.89 bits per heavy atom. The van der Waals surface area contributed by atoms with Crippen molar-refractivity contribution in [3.8, 4) is 11.1 Å². The highest BCUT2D eigenvalue weighted by Crippen LogP contribution is 2.22. The molecule has 0 unspecified atom stereocenters. The smallest absolute Gasteiger partial charge is 0.354 e. The Hall–Kier alpha value is -2.03. The van der Waals surface area contributed by atoms with Crippen molar-refractivity contribution in [2.24, 2.45) is 7.05 Å². The van der Waals surface area contributed by atoms with Gasteiger partial charge in [0.1, 0.15) is 5.69 Å². The molecule has 0 radical (unpaired) electrons. The normalized spacial score (nSPS) is 10.4. The van der Waals surface area contributed by atoms with Crippen molar-refractivity contribution in [3.63, 3.8) is 0 Å². The summed E-state index contributed by atoms with van der Waals surface area (Å²) in [5.74, 6) is -0.279. The molecule has 2 aromatic rings. The molecule has 0 amide bonds. The first-order valence-corrected chi connectivity index (χ1v) is 6.02. The fraction of sp³-hybridized carbons (Fsp3) is 0.267. The Morgan fingerprint density at radius 1 is 1.22 bits per heavy atom. The highest BCUT2D eigenvalue weighted by Gasteiger charge is 2.13. The van der Waals surface area contributed by atoms with Gasteiger partial charge >= 0.3 is 5.97 Å². The molecule has 0 saturated heterocycles. The summed E-state index contributed by atoms with van der Waals surface area (Å²) in [5.41, 5.74) is 3.93. The average molecular weight is 243 g/mol. The molecule has 1 aromatic heterocycles. The highest BCUT2D eigenvalue weighted by molar-refractivity contribution is 5.89. The molecule has 1 aromatic carbocycles. The van der Waals surface area contributed by atoms with Crippen LogP contribution in [0.4, 0.5) is 0 Å². The van der Waals surface area contributed by atoms with Gasteiger partial charge in [-0.1, -0.05) is 29.8 Å². The third-order valence-electron chi connectivity index (χ3n) is 2.87. The van der Waals surface area contributed by atoms with Crippen LogP contribution in [0.5, 0.6) is 0 Å². The quantitative estimate of drug-likeness (QED) is 0.775. The number of esters is 1. The molecular formula is C15H17NO2. The molecule has 94 valence electrons. The third kappa shape index (κ3) is 2.45. The van der Waals surface area contributed by atoms with Crippen molar-refractivity contribution in [2.45, 2.75) is 13.8 Å². The Morgan fingerprint density at radius 3 is 2.50 bits per heavy atom. The number of aryl methyl sites for hydroxylation is 2. The van der Waals surface area contributed by atoms with Gasteiger partial charge in [0, 0.05) is 18.8 Å². The van der Waals surface area contributed by atoms with E-state index < -0.39 is 0 Å². The number of carbonyl (C=O) groups excluding carboxylic acids is 1. The van der Waals surface area contributed by atoms with E-state index in [2.05, 4.69) is 31.2 Å². The van der Waals surface area contributed by atoms with Gasteiger partial charge in [-0.2, -0.15) is 0 Å². The van der Waals surface area contributed by atoms with Crippen LogP contribution in [0.3, 0.4) is 0 Å². The Kier molecular flexibility index (Phi) is 3.51. The number of rotatable bonds is 3. The van der Waals surface area contributed by atoms with E-state index in [9.17, 15) is 4.79 Å². The molecule has 0 aliphatic rings. The van der Waals surface area contributed by atoms with Crippen LogP contribution in [0, 0.1) is 6.92 Å². The summed E-state index contributed by atoms with van der Waals surface area (Å²) < 4.78 is 6.82. The molecule has 0 bridgehead atoms. The van der Waals surface area contributed by atoms with Crippen molar-refractivity contribution in [2.75, 3.05) is 6.61 Å². The second kappa shape index (κ2) is 5.08. The monoisotopic (exact) mass is 243 g/mol. The molecule has 0 aliphatic carbocycles. The minimum absolute atomic E-state index is 0.279. The lowest BCUT2D eigenvalue weighted by Crippen LogP contribution is -2.08. The van der Waals surface area contributed by atoms with Gasteiger partial charge in [-0.05, 0) is 25.5 Å². The van der Waals surface area contributed by atoms with Crippen molar-refractivity contribution < 1.29 is 9.53 Å². The first-order chi connectivity index (χ1) is 8.61. The molecule has 0 fully saturated rings. The molecule has 2 rings (SSSR count). The fourth-order valence-corrected chi connectivity index (χ4v) is 1.88. The number of hydrogen-bond acceptors (Lipinski definition) is 2. The predicted molar refractivity (Wildman–Crippen MR) is 71.5 cm³/mol. The summed E-state index contributed by atoms with van der Waals surface area (Å²) in [6, 6.07) is 10.1. The van der Waals surface area contributed by atoms with Crippen LogP contribution in [-0.4, -0.2) is 17.1 Å². The zero-order valence-corrected chi connectivity index (χ0v) is 10.9. The molecule has 3 heteroatoms. The Labute approximate surface area is 107 Å². The molecule has 0 spiro atoms. The van der Waals surface area contributed by atoms with E-state index in [1.165, 1.54) is 5.56 Å². The number of nitrogens with zero attached hydrogens (tertiary/aromatic N) is 1. The van der Waals surface area contributed by atoms with Crippen molar-refractivity contribution in [1.82, 2.24) is 4.57 Å². The van der Waals surface area contributed by atoms with Crippen LogP contribution in [0.15, 0.2) is 36.5 Å². The van der Waals surface area contributed by atoms with Gasteiger partial charge in [0.15, 0.2) is 0 Å². The predicted octanol–water partition coefficient (Wildman–Crippen LogP) is 3.18. The maximum atomic E-state index is 11.7. The van der Waals surface area contributed by atoms with Crippen molar-refractivity contribution >= 4 is 5.97 Å². The zero-order valence-electron chi connectivity index (χ0n) is 10.9.